The highest BCUT2D eigenvalue weighted by molar-refractivity contribution is 5.83. The molecule has 0 saturated heterocycles. The minimum atomic E-state index is -0.725. The second kappa shape index (κ2) is 9.97. The predicted octanol–water partition coefficient (Wildman–Crippen LogP) is 3.33. The normalized spacial score (nSPS) is 11.9. The molecule has 1 aromatic rings. The second-order valence-electron chi connectivity index (χ2n) is 5.33. The number of hydrogen-bond donors (Lipinski definition) is 2. The number of nitrogens with one attached hydrogen (secondary N) is 1. The lowest BCUT2D eigenvalue weighted by molar-refractivity contribution is -0.137. The molecule has 0 aliphatic rings. The molecule has 0 radical (unpaired) electrons. The molecule has 1 amide bonds. The van der Waals surface area contributed by atoms with E-state index < -0.39 is 5.97 Å². The fraction of sp³-hybridized carbons (Fsp3) is 0.529. The van der Waals surface area contributed by atoms with Crippen LogP contribution in [0.5, 0.6) is 0 Å². The molecule has 0 spiro atoms. The van der Waals surface area contributed by atoms with Gasteiger partial charge >= 0.3 is 5.97 Å². The minimum absolute atomic E-state index is 0.0621. The second-order valence-corrected chi connectivity index (χ2v) is 5.33. The van der Waals surface area contributed by atoms with Crippen molar-refractivity contribution in [2.75, 3.05) is 6.54 Å². The van der Waals surface area contributed by atoms with Gasteiger partial charge in [0.25, 0.3) is 0 Å². The Hall–Kier alpha value is -1.84. The Morgan fingerprint density at radius 3 is 2.33 bits per heavy atom. The first-order chi connectivity index (χ1) is 10.1. The zero-order valence-corrected chi connectivity index (χ0v) is 12.7. The van der Waals surface area contributed by atoms with E-state index in [1.54, 1.807) is 0 Å². The number of carboxylic acid groups (broad SMARTS) is 1. The number of unbranched alkanes of at least 4 members (excludes halogenated alkanes) is 4. The van der Waals surface area contributed by atoms with Crippen LogP contribution in [0.1, 0.15) is 56.9 Å². The molecule has 116 valence electrons. The Labute approximate surface area is 126 Å². The first-order valence-electron chi connectivity index (χ1n) is 7.65. The number of aliphatic carboxylic acids is 1. The van der Waals surface area contributed by atoms with E-state index in [9.17, 15) is 9.59 Å². The van der Waals surface area contributed by atoms with Gasteiger partial charge in [-0.1, -0.05) is 49.6 Å². The first-order valence-corrected chi connectivity index (χ1v) is 7.65. The average Bonchev–Trinajstić information content (AvgIpc) is 2.49. The van der Waals surface area contributed by atoms with Crippen LogP contribution >= 0.6 is 0 Å². The predicted molar refractivity (Wildman–Crippen MR) is 83.2 cm³/mol. The van der Waals surface area contributed by atoms with Crippen LogP contribution in [0, 0.1) is 0 Å². The molecule has 0 aliphatic heterocycles. The smallest absolute Gasteiger partial charge is 0.303 e. The summed E-state index contributed by atoms with van der Waals surface area (Å²) in [7, 11) is 0. The summed E-state index contributed by atoms with van der Waals surface area (Å²) in [6.07, 6.45) is 4.94. The van der Waals surface area contributed by atoms with Crippen LogP contribution in [0.4, 0.5) is 0 Å². The van der Waals surface area contributed by atoms with E-state index >= 15 is 0 Å². The van der Waals surface area contributed by atoms with Gasteiger partial charge in [-0.3, -0.25) is 9.59 Å². The number of carboxylic acids is 1. The minimum Gasteiger partial charge on any atom is -0.481 e. The van der Waals surface area contributed by atoms with E-state index in [1.807, 2.05) is 37.3 Å². The largest absolute Gasteiger partial charge is 0.481 e. The van der Waals surface area contributed by atoms with Crippen LogP contribution in [0.15, 0.2) is 30.3 Å². The molecule has 21 heavy (non-hydrogen) atoms. The van der Waals surface area contributed by atoms with Crippen molar-refractivity contribution in [2.24, 2.45) is 0 Å². The van der Waals surface area contributed by atoms with Crippen molar-refractivity contribution < 1.29 is 14.7 Å². The highest BCUT2D eigenvalue weighted by atomic mass is 16.4. The average molecular weight is 291 g/mol. The van der Waals surface area contributed by atoms with Gasteiger partial charge in [0.2, 0.25) is 5.91 Å². The van der Waals surface area contributed by atoms with Gasteiger partial charge in [0.05, 0.1) is 5.92 Å². The van der Waals surface area contributed by atoms with Gasteiger partial charge in [0.1, 0.15) is 0 Å². The summed E-state index contributed by atoms with van der Waals surface area (Å²) in [4.78, 5) is 22.3. The number of carbonyl (C=O) groups is 2. The fourth-order valence-corrected chi connectivity index (χ4v) is 2.19. The van der Waals surface area contributed by atoms with Gasteiger partial charge in [-0.25, -0.2) is 0 Å². The molecule has 1 aromatic carbocycles. The number of amides is 1. The van der Waals surface area contributed by atoms with Crippen molar-refractivity contribution in [2.45, 2.75) is 51.4 Å². The Morgan fingerprint density at radius 1 is 1.05 bits per heavy atom. The van der Waals surface area contributed by atoms with Crippen LogP contribution in [-0.4, -0.2) is 23.5 Å². The highest BCUT2D eigenvalue weighted by Crippen LogP contribution is 2.14. The maximum Gasteiger partial charge on any atom is 0.303 e. The quantitative estimate of drug-likeness (QED) is 0.650. The summed E-state index contributed by atoms with van der Waals surface area (Å²) in [6.45, 7) is 2.60. The Balaban J connectivity index is 2.07. The molecular formula is C17H25NO3. The third-order valence-electron chi connectivity index (χ3n) is 3.56. The molecule has 0 unspecified atom stereocenters. The molecule has 0 aromatic heterocycles. The summed E-state index contributed by atoms with van der Waals surface area (Å²) in [5.74, 6) is -0.786. The summed E-state index contributed by atoms with van der Waals surface area (Å²) >= 11 is 0. The molecule has 0 heterocycles. The lowest BCUT2D eigenvalue weighted by Gasteiger charge is -2.12. The van der Waals surface area contributed by atoms with Gasteiger partial charge in [0, 0.05) is 13.0 Å². The van der Waals surface area contributed by atoms with E-state index in [4.69, 9.17) is 5.11 Å². The van der Waals surface area contributed by atoms with Crippen molar-refractivity contribution in [1.82, 2.24) is 5.32 Å². The molecule has 0 bridgehead atoms. The zero-order valence-electron chi connectivity index (χ0n) is 12.7. The summed E-state index contributed by atoms with van der Waals surface area (Å²) < 4.78 is 0. The first kappa shape index (κ1) is 17.2. The maximum atomic E-state index is 12.0. The highest BCUT2D eigenvalue weighted by Gasteiger charge is 2.13. The summed E-state index contributed by atoms with van der Waals surface area (Å²) in [5.41, 5.74) is 1.03. The molecule has 2 N–H and O–H groups in total. The molecule has 0 saturated carbocycles. The van der Waals surface area contributed by atoms with Crippen LogP contribution < -0.4 is 5.32 Å². The van der Waals surface area contributed by atoms with Crippen molar-refractivity contribution in [1.29, 1.82) is 0 Å². The number of hydrogen-bond acceptors (Lipinski definition) is 2. The SMILES string of the molecule is C[C@H](C(=O)NCCCCCCCC(=O)O)c1ccccc1. The van der Waals surface area contributed by atoms with E-state index in [1.165, 1.54) is 0 Å². The van der Waals surface area contributed by atoms with Crippen molar-refractivity contribution in [3.63, 3.8) is 0 Å². The summed E-state index contributed by atoms with van der Waals surface area (Å²) in [6, 6.07) is 9.75. The van der Waals surface area contributed by atoms with Crippen LogP contribution in [0.25, 0.3) is 0 Å². The van der Waals surface area contributed by atoms with Gasteiger partial charge in [-0.15, -0.1) is 0 Å². The maximum absolute atomic E-state index is 12.0. The summed E-state index contributed by atoms with van der Waals surface area (Å²) in [5, 5.41) is 11.5. The van der Waals surface area contributed by atoms with Crippen molar-refractivity contribution in [3.05, 3.63) is 35.9 Å². The molecule has 1 atom stereocenters. The number of benzene rings is 1. The van der Waals surface area contributed by atoms with Crippen LogP contribution in [0.3, 0.4) is 0 Å². The topological polar surface area (TPSA) is 66.4 Å². The Bertz CT molecular complexity index is 431. The molecule has 0 fully saturated rings. The molecule has 1 rings (SSSR count). The molecule has 4 nitrogen and oxygen atoms in total. The Kier molecular flexibility index (Phi) is 8.17. The van der Waals surface area contributed by atoms with Gasteiger partial charge in [0.15, 0.2) is 0 Å². The van der Waals surface area contributed by atoms with Gasteiger partial charge in [-0.2, -0.15) is 0 Å². The van der Waals surface area contributed by atoms with Crippen LogP contribution in [-0.2, 0) is 9.59 Å². The lowest BCUT2D eigenvalue weighted by Crippen LogP contribution is -2.28. The van der Waals surface area contributed by atoms with E-state index in [-0.39, 0.29) is 18.2 Å². The van der Waals surface area contributed by atoms with Gasteiger partial charge < -0.3 is 10.4 Å². The molecule has 0 aliphatic carbocycles. The zero-order chi connectivity index (χ0) is 15.5. The van der Waals surface area contributed by atoms with E-state index in [2.05, 4.69) is 5.32 Å². The standard InChI is InChI=1S/C17H25NO3/c1-14(15-10-6-5-7-11-15)17(21)18-13-9-4-2-3-8-12-16(19)20/h5-7,10-11,14H,2-4,8-9,12-13H2,1H3,(H,18,21)(H,19,20)/t14-/m0/s1. The van der Waals surface area contributed by atoms with E-state index in [0.29, 0.717) is 6.54 Å². The van der Waals surface area contributed by atoms with Crippen molar-refractivity contribution in [3.8, 4) is 0 Å². The number of carbonyl (C=O) groups excluding carboxylic acids is 1. The number of rotatable bonds is 10. The van der Waals surface area contributed by atoms with Crippen LogP contribution in [0.2, 0.25) is 0 Å². The Morgan fingerprint density at radius 2 is 1.67 bits per heavy atom. The lowest BCUT2D eigenvalue weighted by atomic mass is 10.0. The third-order valence-corrected chi connectivity index (χ3v) is 3.56. The van der Waals surface area contributed by atoms with Gasteiger partial charge in [-0.05, 0) is 25.3 Å². The molecular weight excluding hydrogens is 266 g/mol. The third kappa shape index (κ3) is 7.49. The van der Waals surface area contributed by atoms with E-state index in [0.717, 1.165) is 37.7 Å². The monoisotopic (exact) mass is 291 g/mol. The fourth-order valence-electron chi connectivity index (χ4n) is 2.19. The molecule has 4 heteroatoms. The van der Waals surface area contributed by atoms with Crippen molar-refractivity contribution >= 4 is 11.9 Å².